The molecule has 3 rings (SSSR count). The Morgan fingerprint density at radius 3 is 2.52 bits per heavy atom. The summed E-state index contributed by atoms with van der Waals surface area (Å²) in [6, 6.07) is 21.0. The van der Waals surface area contributed by atoms with Crippen LogP contribution in [0, 0.1) is 11.3 Å². The zero-order chi connectivity index (χ0) is 20.5. The number of para-hydroxylation sites is 2. The number of carbonyl (C=O) groups excluding carboxylic acids is 1. The number of thioether (sulfide) groups is 1. The molecular formula is C21H21N5O2S. The summed E-state index contributed by atoms with van der Waals surface area (Å²) < 4.78 is 7.54. The van der Waals surface area contributed by atoms with E-state index >= 15 is 0 Å². The van der Waals surface area contributed by atoms with Gasteiger partial charge < -0.3 is 14.2 Å². The first-order valence-corrected chi connectivity index (χ1v) is 10.1. The predicted molar refractivity (Wildman–Crippen MR) is 112 cm³/mol. The molecule has 0 radical (unpaired) electrons. The number of benzene rings is 2. The normalized spacial score (nSPS) is 10.3. The minimum atomic E-state index is -0.0819. The molecule has 0 aliphatic carbocycles. The SMILES string of the molecule is Cn1c(COc2ccccc2)nnc1SCC(=O)N(CCC#N)c1ccccc1. The molecule has 0 aliphatic rings. The van der Waals surface area contributed by atoms with Gasteiger partial charge in [-0.15, -0.1) is 10.2 Å². The van der Waals surface area contributed by atoms with E-state index in [1.807, 2.05) is 72.3 Å². The van der Waals surface area contributed by atoms with Gasteiger partial charge in [0, 0.05) is 19.3 Å². The molecule has 0 bridgehead atoms. The number of carbonyl (C=O) groups is 1. The van der Waals surface area contributed by atoms with Gasteiger partial charge in [0.2, 0.25) is 5.91 Å². The number of ether oxygens (including phenoxy) is 1. The average molecular weight is 407 g/mol. The minimum absolute atomic E-state index is 0.0819. The van der Waals surface area contributed by atoms with Gasteiger partial charge in [-0.05, 0) is 24.3 Å². The van der Waals surface area contributed by atoms with Crippen molar-refractivity contribution in [2.24, 2.45) is 7.05 Å². The summed E-state index contributed by atoms with van der Waals surface area (Å²) in [5, 5.41) is 17.9. The summed E-state index contributed by atoms with van der Waals surface area (Å²) >= 11 is 1.31. The van der Waals surface area contributed by atoms with Crippen LogP contribution in [0.1, 0.15) is 12.2 Å². The van der Waals surface area contributed by atoms with E-state index in [0.29, 0.717) is 24.1 Å². The van der Waals surface area contributed by atoms with Gasteiger partial charge in [-0.25, -0.2) is 0 Å². The molecule has 148 valence electrons. The third kappa shape index (κ3) is 5.59. The number of aromatic nitrogens is 3. The van der Waals surface area contributed by atoms with Crippen LogP contribution < -0.4 is 9.64 Å². The lowest BCUT2D eigenvalue weighted by atomic mass is 10.2. The summed E-state index contributed by atoms with van der Waals surface area (Å²) in [4.78, 5) is 14.4. The molecule has 0 unspecified atom stereocenters. The van der Waals surface area contributed by atoms with Crippen LogP contribution in [0.4, 0.5) is 5.69 Å². The Balaban J connectivity index is 1.60. The highest BCUT2D eigenvalue weighted by Gasteiger charge is 2.18. The second kappa shape index (κ2) is 10.3. The van der Waals surface area contributed by atoms with Gasteiger partial charge in [-0.1, -0.05) is 48.2 Å². The highest BCUT2D eigenvalue weighted by atomic mass is 32.2. The molecule has 29 heavy (non-hydrogen) atoms. The molecule has 1 amide bonds. The Morgan fingerprint density at radius 1 is 1.14 bits per heavy atom. The molecule has 0 atom stereocenters. The first kappa shape index (κ1) is 20.4. The average Bonchev–Trinajstić information content (AvgIpc) is 3.12. The number of nitriles is 1. The first-order valence-electron chi connectivity index (χ1n) is 9.10. The van der Waals surface area contributed by atoms with Crippen molar-refractivity contribution in [1.82, 2.24) is 14.8 Å². The number of nitrogens with zero attached hydrogens (tertiary/aromatic N) is 5. The lowest BCUT2D eigenvalue weighted by molar-refractivity contribution is -0.116. The lowest BCUT2D eigenvalue weighted by Gasteiger charge is -2.21. The fraction of sp³-hybridized carbons (Fsp3) is 0.238. The van der Waals surface area contributed by atoms with Crippen molar-refractivity contribution in [3.63, 3.8) is 0 Å². The maximum atomic E-state index is 12.8. The summed E-state index contributed by atoms with van der Waals surface area (Å²) in [7, 11) is 1.85. The van der Waals surface area contributed by atoms with Crippen LogP contribution in [0.5, 0.6) is 5.75 Å². The molecule has 8 heteroatoms. The molecule has 0 saturated heterocycles. The Hall–Kier alpha value is -3.31. The zero-order valence-electron chi connectivity index (χ0n) is 16.1. The van der Waals surface area contributed by atoms with Crippen molar-refractivity contribution in [3.05, 3.63) is 66.5 Å². The van der Waals surface area contributed by atoms with E-state index in [-0.39, 0.29) is 18.1 Å². The van der Waals surface area contributed by atoms with Crippen LogP contribution in [-0.2, 0) is 18.4 Å². The van der Waals surface area contributed by atoms with Crippen molar-refractivity contribution in [2.75, 3.05) is 17.2 Å². The third-order valence-electron chi connectivity index (χ3n) is 4.18. The van der Waals surface area contributed by atoms with Gasteiger partial charge in [0.1, 0.15) is 12.4 Å². The Morgan fingerprint density at radius 2 is 1.83 bits per heavy atom. The molecule has 0 spiro atoms. The molecule has 1 aromatic heterocycles. The van der Waals surface area contributed by atoms with E-state index in [1.54, 1.807) is 4.90 Å². The minimum Gasteiger partial charge on any atom is -0.486 e. The number of hydrogen-bond acceptors (Lipinski definition) is 6. The summed E-state index contributed by atoms with van der Waals surface area (Å²) in [6.07, 6.45) is 0.274. The number of amides is 1. The summed E-state index contributed by atoms with van der Waals surface area (Å²) in [6.45, 7) is 0.648. The molecule has 3 aromatic rings. The van der Waals surface area contributed by atoms with Crippen molar-refractivity contribution in [1.29, 1.82) is 5.26 Å². The third-order valence-corrected chi connectivity index (χ3v) is 5.18. The van der Waals surface area contributed by atoms with E-state index in [2.05, 4.69) is 16.3 Å². The molecular weight excluding hydrogens is 386 g/mol. The second-order valence-corrected chi connectivity index (χ2v) is 7.08. The number of anilines is 1. The lowest BCUT2D eigenvalue weighted by Crippen LogP contribution is -2.33. The van der Waals surface area contributed by atoms with E-state index < -0.39 is 0 Å². The smallest absolute Gasteiger partial charge is 0.237 e. The fourth-order valence-electron chi connectivity index (χ4n) is 2.63. The van der Waals surface area contributed by atoms with E-state index in [9.17, 15) is 4.79 Å². The van der Waals surface area contributed by atoms with Crippen molar-refractivity contribution in [2.45, 2.75) is 18.2 Å². The zero-order valence-corrected chi connectivity index (χ0v) is 16.9. The largest absolute Gasteiger partial charge is 0.486 e. The number of rotatable bonds is 9. The first-order chi connectivity index (χ1) is 14.2. The van der Waals surface area contributed by atoms with Crippen LogP contribution in [-0.4, -0.2) is 33.0 Å². The molecule has 0 N–H and O–H groups in total. The van der Waals surface area contributed by atoms with Gasteiger partial charge in [-0.2, -0.15) is 5.26 Å². The summed E-state index contributed by atoms with van der Waals surface area (Å²) in [5.41, 5.74) is 0.781. The molecule has 7 nitrogen and oxygen atoms in total. The van der Waals surface area contributed by atoms with E-state index in [0.717, 1.165) is 11.4 Å². The predicted octanol–water partition coefficient (Wildman–Crippen LogP) is 3.43. The highest BCUT2D eigenvalue weighted by Crippen LogP contribution is 2.20. The quantitative estimate of drug-likeness (QED) is 0.505. The van der Waals surface area contributed by atoms with Crippen LogP contribution in [0.3, 0.4) is 0 Å². The van der Waals surface area contributed by atoms with Crippen LogP contribution >= 0.6 is 11.8 Å². The molecule has 1 heterocycles. The highest BCUT2D eigenvalue weighted by molar-refractivity contribution is 7.99. The van der Waals surface area contributed by atoms with Crippen LogP contribution in [0.2, 0.25) is 0 Å². The van der Waals surface area contributed by atoms with Crippen LogP contribution in [0.15, 0.2) is 65.8 Å². The van der Waals surface area contributed by atoms with Gasteiger partial charge in [0.05, 0.1) is 18.2 Å². The van der Waals surface area contributed by atoms with Crippen molar-refractivity contribution >= 4 is 23.4 Å². The standard InChI is InChI=1S/C21H21N5O2S/c1-25-19(15-28-18-11-6-3-7-12-18)23-24-21(25)29-16-20(27)26(14-8-13-22)17-9-4-2-5-10-17/h2-7,9-12H,8,14-16H2,1H3. The topological polar surface area (TPSA) is 84.0 Å². The van der Waals surface area contributed by atoms with Gasteiger partial charge in [-0.3, -0.25) is 4.79 Å². The Labute approximate surface area is 173 Å². The molecule has 0 aliphatic heterocycles. The van der Waals surface area contributed by atoms with Crippen molar-refractivity contribution in [3.8, 4) is 11.8 Å². The van der Waals surface area contributed by atoms with Gasteiger partial charge in [0.25, 0.3) is 0 Å². The molecule has 0 saturated carbocycles. The van der Waals surface area contributed by atoms with E-state index in [1.165, 1.54) is 11.8 Å². The molecule has 0 fully saturated rings. The fourth-order valence-corrected chi connectivity index (χ4v) is 3.44. The molecule has 2 aromatic carbocycles. The second-order valence-electron chi connectivity index (χ2n) is 6.14. The van der Waals surface area contributed by atoms with E-state index in [4.69, 9.17) is 10.00 Å². The maximum Gasteiger partial charge on any atom is 0.237 e. The van der Waals surface area contributed by atoms with Crippen molar-refractivity contribution < 1.29 is 9.53 Å². The van der Waals surface area contributed by atoms with Gasteiger partial charge in [0.15, 0.2) is 11.0 Å². The van der Waals surface area contributed by atoms with Crippen LogP contribution in [0.25, 0.3) is 0 Å². The number of hydrogen-bond donors (Lipinski definition) is 0. The summed E-state index contributed by atoms with van der Waals surface area (Å²) in [5.74, 6) is 1.55. The van der Waals surface area contributed by atoms with Gasteiger partial charge >= 0.3 is 0 Å². The Kier molecular flexibility index (Phi) is 7.25. The Bertz CT molecular complexity index is 970. The maximum absolute atomic E-state index is 12.8. The monoisotopic (exact) mass is 407 g/mol.